The van der Waals surface area contributed by atoms with E-state index in [2.05, 4.69) is 48.6 Å². The predicted octanol–water partition coefficient (Wildman–Crippen LogP) is 5.13. The van der Waals surface area contributed by atoms with Gasteiger partial charge in [-0.1, -0.05) is 65.7 Å². The molecule has 0 unspecified atom stereocenters. The van der Waals surface area contributed by atoms with Crippen LogP contribution in [0.25, 0.3) is 0 Å². The third kappa shape index (κ3) is 3.00. The molecule has 1 aliphatic rings. The third-order valence-electron chi connectivity index (χ3n) is 5.32. The summed E-state index contributed by atoms with van der Waals surface area (Å²) in [4.78, 5) is 0. The molecule has 0 saturated carbocycles. The highest BCUT2D eigenvalue weighted by Gasteiger charge is 2.54. The molecule has 3 nitrogen and oxygen atoms in total. The van der Waals surface area contributed by atoms with Crippen LogP contribution in [0.4, 0.5) is 11.4 Å². The maximum absolute atomic E-state index is 13.4. The maximum Gasteiger partial charge on any atom is 0.163 e. The quantitative estimate of drug-likeness (QED) is 0.526. The largest absolute Gasteiger partial charge is 0.627 e. The standard InChI is InChI=1S/C23H24N2O/c1-18-8-12-20(13-9-18)23(24-21-6-4-3-5-7-21)16-25(26,17-23)22-14-10-19(2)11-15-22/h3-15,24H,16-17H2,1-2H3. The lowest BCUT2D eigenvalue weighted by atomic mass is 9.80. The van der Waals surface area contributed by atoms with E-state index in [1.165, 1.54) is 16.7 Å². The molecule has 0 aromatic heterocycles. The Morgan fingerprint density at radius 3 is 1.88 bits per heavy atom. The van der Waals surface area contributed by atoms with E-state index in [9.17, 15) is 5.21 Å². The lowest BCUT2D eigenvalue weighted by molar-refractivity contribution is 0.144. The normalized spacial score (nSPS) is 24.7. The molecule has 26 heavy (non-hydrogen) atoms. The topological polar surface area (TPSA) is 35.1 Å². The molecule has 1 saturated heterocycles. The second-order valence-corrected chi connectivity index (χ2v) is 7.48. The van der Waals surface area contributed by atoms with Crippen molar-refractivity contribution in [3.63, 3.8) is 0 Å². The summed E-state index contributed by atoms with van der Waals surface area (Å²) in [5, 5.41) is 17.1. The van der Waals surface area contributed by atoms with E-state index in [1.54, 1.807) is 0 Å². The Bertz CT molecular complexity index is 880. The summed E-state index contributed by atoms with van der Waals surface area (Å²) in [6.45, 7) is 5.09. The number of aryl methyl sites for hydroxylation is 2. The Morgan fingerprint density at radius 1 is 0.769 bits per heavy atom. The van der Waals surface area contributed by atoms with Gasteiger partial charge in [0.25, 0.3) is 0 Å². The van der Waals surface area contributed by atoms with Crippen molar-refractivity contribution >= 4 is 11.4 Å². The van der Waals surface area contributed by atoms with Gasteiger partial charge >= 0.3 is 0 Å². The number of rotatable bonds is 4. The van der Waals surface area contributed by atoms with Crippen molar-refractivity contribution in [2.75, 3.05) is 18.4 Å². The predicted molar refractivity (Wildman–Crippen MR) is 109 cm³/mol. The second-order valence-electron chi connectivity index (χ2n) is 7.48. The van der Waals surface area contributed by atoms with E-state index in [0.717, 1.165) is 11.4 Å². The van der Waals surface area contributed by atoms with Crippen molar-refractivity contribution in [2.45, 2.75) is 19.4 Å². The molecular formula is C23H24N2O. The minimum absolute atomic E-state index is 0.298. The first-order valence-corrected chi connectivity index (χ1v) is 9.05. The molecule has 0 spiro atoms. The van der Waals surface area contributed by atoms with Gasteiger partial charge in [-0.25, -0.2) is 0 Å². The third-order valence-corrected chi connectivity index (χ3v) is 5.32. The average Bonchev–Trinajstić information content (AvgIpc) is 2.62. The zero-order valence-corrected chi connectivity index (χ0v) is 15.3. The monoisotopic (exact) mass is 344 g/mol. The van der Waals surface area contributed by atoms with Gasteiger partial charge in [-0.3, -0.25) is 0 Å². The zero-order valence-electron chi connectivity index (χ0n) is 15.3. The van der Waals surface area contributed by atoms with Crippen LogP contribution in [-0.2, 0) is 5.54 Å². The Balaban J connectivity index is 1.67. The van der Waals surface area contributed by atoms with E-state index >= 15 is 0 Å². The van der Waals surface area contributed by atoms with Crippen molar-refractivity contribution < 1.29 is 0 Å². The Morgan fingerprint density at radius 2 is 1.31 bits per heavy atom. The van der Waals surface area contributed by atoms with Crippen molar-refractivity contribution in [1.29, 1.82) is 0 Å². The summed E-state index contributed by atoms with van der Waals surface area (Å²) in [6.07, 6.45) is 0. The van der Waals surface area contributed by atoms with Crippen LogP contribution in [0.2, 0.25) is 0 Å². The number of nitrogens with zero attached hydrogens (tertiary/aromatic N) is 1. The summed E-state index contributed by atoms with van der Waals surface area (Å²) in [6, 6.07) is 26.6. The fraction of sp³-hybridized carbons (Fsp3) is 0.217. The molecule has 1 aliphatic heterocycles. The molecule has 0 atom stereocenters. The minimum atomic E-state index is -0.346. The Labute approximate surface area is 155 Å². The van der Waals surface area contributed by atoms with Gasteiger partial charge in [-0.05, 0) is 43.7 Å². The first-order chi connectivity index (χ1) is 12.5. The molecular weight excluding hydrogens is 320 g/mol. The summed E-state index contributed by atoms with van der Waals surface area (Å²) >= 11 is 0. The van der Waals surface area contributed by atoms with Crippen LogP contribution >= 0.6 is 0 Å². The molecule has 0 amide bonds. The zero-order chi connectivity index (χ0) is 18.2. The van der Waals surface area contributed by atoms with Gasteiger partial charge in [0, 0.05) is 5.69 Å². The van der Waals surface area contributed by atoms with Crippen LogP contribution in [0.3, 0.4) is 0 Å². The molecule has 0 aliphatic carbocycles. The van der Waals surface area contributed by atoms with E-state index < -0.39 is 0 Å². The molecule has 1 N–H and O–H groups in total. The first kappa shape index (κ1) is 16.8. The lowest BCUT2D eigenvalue weighted by Crippen LogP contribution is -2.73. The summed E-state index contributed by atoms with van der Waals surface area (Å²) in [5.74, 6) is 0. The number of hydrogen-bond donors (Lipinski definition) is 1. The van der Waals surface area contributed by atoms with E-state index in [0.29, 0.717) is 13.1 Å². The summed E-state index contributed by atoms with van der Waals surface area (Å²) in [5.41, 5.74) is 5.10. The van der Waals surface area contributed by atoms with Gasteiger partial charge in [-0.15, -0.1) is 0 Å². The van der Waals surface area contributed by atoms with Crippen molar-refractivity contribution in [3.8, 4) is 0 Å². The van der Waals surface area contributed by atoms with Crippen LogP contribution < -0.4 is 9.96 Å². The van der Waals surface area contributed by atoms with Crippen LogP contribution in [0.5, 0.6) is 0 Å². The lowest BCUT2D eigenvalue weighted by Gasteiger charge is -2.60. The number of benzene rings is 3. The molecule has 3 heteroatoms. The molecule has 132 valence electrons. The molecule has 3 aromatic carbocycles. The highest BCUT2D eigenvalue weighted by molar-refractivity contribution is 5.56. The Hall–Kier alpha value is -2.62. The smallest absolute Gasteiger partial charge is 0.163 e. The molecule has 4 rings (SSSR count). The van der Waals surface area contributed by atoms with Gasteiger partial charge in [0.05, 0.1) is 0 Å². The molecule has 1 heterocycles. The molecule has 0 bridgehead atoms. The number of hydrogen-bond acceptors (Lipinski definition) is 2. The second kappa shape index (κ2) is 6.27. The number of nitrogens with one attached hydrogen (secondary N) is 1. The van der Waals surface area contributed by atoms with E-state index in [4.69, 9.17) is 0 Å². The van der Waals surface area contributed by atoms with Crippen LogP contribution in [0, 0.1) is 19.1 Å². The van der Waals surface area contributed by atoms with Crippen LogP contribution in [0.1, 0.15) is 16.7 Å². The van der Waals surface area contributed by atoms with Gasteiger partial charge < -0.3 is 15.2 Å². The fourth-order valence-electron chi connectivity index (χ4n) is 3.83. The van der Waals surface area contributed by atoms with Gasteiger partial charge in [0.1, 0.15) is 18.8 Å². The molecule has 1 fully saturated rings. The number of quaternary nitrogens is 1. The van der Waals surface area contributed by atoms with Crippen molar-refractivity contribution in [2.24, 2.45) is 0 Å². The van der Waals surface area contributed by atoms with E-state index in [-0.39, 0.29) is 10.2 Å². The van der Waals surface area contributed by atoms with Crippen molar-refractivity contribution in [3.05, 3.63) is 101 Å². The number of anilines is 1. The van der Waals surface area contributed by atoms with Gasteiger partial charge in [0.2, 0.25) is 0 Å². The number of para-hydroxylation sites is 1. The maximum atomic E-state index is 13.4. The highest BCUT2D eigenvalue weighted by Crippen LogP contribution is 2.43. The highest BCUT2D eigenvalue weighted by atomic mass is 16.6. The van der Waals surface area contributed by atoms with E-state index in [1.807, 2.05) is 49.4 Å². The van der Waals surface area contributed by atoms with Crippen LogP contribution in [-0.4, -0.2) is 13.1 Å². The fourth-order valence-corrected chi connectivity index (χ4v) is 3.83. The average molecular weight is 344 g/mol. The van der Waals surface area contributed by atoms with Crippen LogP contribution in [0.15, 0.2) is 78.9 Å². The molecule has 3 aromatic rings. The number of hydroxylamine groups is 2. The SMILES string of the molecule is Cc1ccc(C2(Nc3ccccc3)C[N+]([O-])(c3ccc(C)cc3)C2)cc1. The van der Waals surface area contributed by atoms with Crippen molar-refractivity contribution in [1.82, 2.24) is 4.65 Å². The Kier molecular flexibility index (Phi) is 4.06. The van der Waals surface area contributed by atoms with Gasteiger partial charge in [0.15, 0.2) is 5.54 Å². The summed E-state index contributed by atoms with van der Waals surface area (Å²) in [7, 11) is 0. The van der Waals surface area contributed by atoms with Gasteiger partial charge in [-0.2, -0.15) is 0 Å². The molecule has 0 radical (unpaired) electrons. The minimum Gasteiger partial charge on any atom is -0.627 e. The first-order valence-electron chi connectivity index (χ1n) is 9.05. The summed E-state index contributed by atoms with van der Waals surface area (Å²) < 4.78 is -0.298.